The number of anilines is 1. The van der Waals surface area contributed by atoms with Crippen LogP contribution in [-0.2, 0) is 0 Å². The van der Waals surface area contributed by atoms with Crippen LogP contribution in [0, 0.1) is 5.92 Å². The molecule has 0 aliphatic rings. The van der Waals surface area contributed by atoms with E-state index in [1.54, 1.807) is 11.3 Å². The Morgan fingerprint density at radius 1 is 1.24 bits per heavy atom. The lowest BCUT2D eigenvalue weighted by atomic mass is 9.91. The van der Waals surface area contributed by atoms with Crippen LogP contribution in [-0.4, -0.2) is 27.2 Å². The number of nitrogens with zero attached hydrogens (tertiary/aromatic N) is 3. The summed E-state index contributed by atoms with van der Waals surface area (Å²) in [6.45, 7) is 5.24. The Morgan fingerprint density at radius 2 is 2.08 bits per heavy atom. The molecule has 0 saturated carbocycles. The largest absolute Gasteiger partial charge is 0.366 e. The maximum Gasteiger partial charge on any atom is 0.154 e. The minimum atomic E-state index is 0.400. The van der Waals surface area contributed by atoms with Crippen LogP contribution in [0.2, 0.25) is 0 Å². The van der Waals surface area contributed by atoms with Crippen molar-refractivity contribution in [2.75, 3.05) is 11.9 Å². The first kappa shape index (κ1) is 17.9. The number of hydrogen-bond donors (Lipinski definition) is 2. The SMILES string of the molecule is CCC(CC)C(CCCN)Nc1ccc2ncc(-c3ccsc3)n2n1. The average molecular weight is 358 g/mol. The highest BCUT2D eigenvalue weighted by molar-refractivity contribution is 7.08. The van der Waals surface area contributed by atoms with E-state index < -0.39 is 0 Å². The lowest BCUT2D eigenvalue weighted by molar-refractivity contribution is 0.393. The van der Waals surface area contributed by atoms with E-state index in [0.717, 1.165) is 55.0 Å². The Kier molecular flexibility index (Phi) is 6.04. The van der Waals surface area contributed by atoms with Crippen molar-refractivity contribution in [3.05, 3.63) is 35.2 Å². The lowest BCUT2D eigenvalue weighted by Gasteiger charge is -2.27. The molecule has 0 amide bonds. The topological polar surface area (TPSA) is 68.2 Å². The number of hydrogen-bond acceptors (Lipinski definition) is 5. The molecule has 0 spiro atoms. The number of imidazole rings is 1. The van der Waals surface area contributed by atoms with Gasteiger partial charge in [-0.15, -0.1) is 5.10 Å². The summed E-state index contributed by atoms with van der Waals surface area (Å²) in [4.78, 5) is 4.47. The summed E-state index contributed by atoms with van der Waals surface area (Å²) < 4.78 is 1.93. The van der Waals surface area contributed by atoms with E-state index in [-0.39, 0.29) is 0 Å². The first-order valence-corrected chi connectivity index (χ1v) is 10.0. The second-order valence-electron chi connectivity index (χ2n) is 6.40. The Labute approximate surface area is 153 Å². The smallest absolute Gasteiger partial charge is 0.154 e. The van der Waals surface area contributed by atoms with Crippen molar-refractivity contribution in [1.82, 2.24) is 14.6 Å². The quantitative estimate of drug-likeness (QED) is 0.595. The summed E-state index contributed by atoms with van der Waals surface area (Å²) in [5.41, 5.74) is 8.78. The zero-order valence-electron chi connectivity index (χ0n) is 15.0. The molecule has 5 nitrogen and oxygen atoms in total. The van der Waals surface area contributed by atoms with Crippen LogP contribution in [0.3, 0.4) is 0 Å². The summed E-state index contributed by atoms with van der Waals surface area (Å²) in [6.07, 6.45) is 6.31. The lowest BCUT2D eigenvalue weighted by Crippen LogP contribution is -2.30. The van der Waals surface area contributed by atoms with Crippen molar-refractivity contribution < 1.29 is 0 Å². The van der Waals surface area contributed by atoms with Crippen molar-refractivity contribution in [1.29, 1.82) is 0 Å². The van der Waals surface area contributed by atoms with E-state index in [2.05, 4.69) is 41.0 Å². The molecule has 6 heteroatoms. The Morgan fingerprint density at radius 3 is 2.76 bits per heavy atom. The monoisotopic (exact) mass is 357 g/mol. The third kappa shape index (κ3) is 4.02. The van der Waals surface area contributed by atoms with Gasteiger partial charge >= 0.3 is 0 Å². The van der Waals surface area contributed by atoms with Crippen molar-refractivity contribution >= 4 is 22.8 Å². The van der Waals surface area contributed by atoms with Crippen molar-refractivity contribution in [3.63, 3.8) is 0 Å². The second-order valence-corrected chi connectivity index (χ2v) is 7.18. The number of fused-ring (bicyclic) bond motifs is 1. The van der Waals surface area contributed by atoms with E-state index in [1.165, 1.54) is 0 Å². The van der Waals surface area contributed by atoms with E-state index >= 15 is 0 Å². The van der Waals surface area contributed by atoms with E-state index in [0.29, 0.717) is 12.0 Å². The van der Waals surface area contributed by atoms with Crippen molar-refractivity contribution in [2.45, 2.75) is 45.6 Å². The highest BCUT2D eigenvalue weighted by Gasteiger charge is 2.19. The van der Waals surface area contributed by atoms with Crippen LogP contribution in [0.4, 0.5) is 5.82 Å². The molecule has 3 aromatic rings. The van der Waals surface area contributed by atoms with Gasteiger partial charge in [-0.3, -0.25) is 0 Å². The zero-order valence-corrected chi connectivity index (χ0v) is 15.8. The van der Waals surface area contributed by atoms with Crippen LogP contribution < -0.4 is 11.1 Å². The fraction of sp³-hybridized carbons (Fsp3) is 0.474. The van der Waals surface area contributed by atoms with E-state index in [1.807, 2.05) is 22.8 Å². The number of thiophene rings is 1. The Balaban J connectivity index is 1.88. The Hall–Kier alpha value is -1.92. The molecule has 0 radical (unpaired) electrons. The third-order valence-corrected chi connectivity index (χ3v) is 5.53. The minimum absolute atomic E-state index is 0.400. The van der Waals surface area contributed by atoms with E-state index in [4.69, 9.17) is 10.8 Å². The number of nitrogens with two attached hydrogens (primary N) is 1. The molecule has 0 aromatic carbocycles. The van der Waals surface area contributed by atoms with Crippen molar-refractivity contribution in [3.8, 4) is 11.3 Å². The van der Waals surface area contributed by atoms with Gasteiger partial charge in [0, 0.05) is 17.0 Å². The fourth-order valence-electron chi connectivity index (χ4n) is 3.37. The van der Waals surface area contributed by atoms with Gasteiger partial charge in [-0.2, -0.15) is 11.3 Å². The van der Waals surface area contributed by atoms with Crippen molar-refractivity contribution in [2.24, 2.45) is 11.7 Å². The summed E-state index contributed by atoms with van der Waals surface area (Å²) in [7, 11) is 0. The molecule has 134 valence electrons. The predicted octanol–water partition coefficient (Wildman–Crippen LogP) is 4.41. The normalized spacial score (nSPS) is 12.8. The maximum atomic E-state index is 5.73. The summed E-state index contributed by atoms with van der Waals surface area (Å²) >= 11 is 1.68. The molecule has 1 atom stereocenters. The molecular formula is C19H27N5S. The molecule has 0 saturated heterocycles. The highest BCUT2D eigenvalue weighted by atomic mass is 32.1. The standard InChI is InChI=1S/C19H27N5S/c1-3-14(4-2)16(6-5-10-20)22-18-7-8-19-21-12-17(24(19)23-18)15-9-11-25-13-15/h7-9,11-14,16H,3-6,10,20H2,1-2H3,(H,22,23). The molecule has 3 aromatic heterocycles. The molecule has 1 unspecified atom stereocenters. The van der Waals surface area contributed by atoms with Gasteiger partial charge in [-0.05, 0) is 48.9 Å². The van der Waals surface area contributed by atoms with Gasteiger partial charge in [0.25, 0.3) is 0 Å². The van der Waals surface area contributed by atoms with Crippen LogP contribution in [0.1, 0.15) is 39.5 Å². The molecule has 0 bridgehead atoms. The second kappa shape index (κ2) is 8.45. The van der Waals surface area contributed by atoms with Gasteiger partial charge in [0.2, 0.25) is 0 Å². The van der Waals surface area contributed by atoms with Gasteiger partial charge in [0.15, 0.2) is 5.65 Å². The summed E-state index contributed by atoms with van der Waals surface area (Å²) in [6, 6.07) is 6.55. The molecule has 3 N–H and O–H groups in total. The predicted molar refractivity (Wildman–Crippen MR) is 106 cm³/mol. The van der Waals surface area contributed by atoms with Crippen LogP contribution >= 0.6 is 11.3 Å². The molecule has 3 heterocycles. The number of aromatic nitrogens is 3. The first-order valence-electron chi connectivity index (χ1n) is 9.10. The Bertz CT molecular complexity index is 776. The molecule has 0 aliphatic carbocycles. The van der Waals surface area contributed by atoms with Gasteiger partial charge < -0.3 is 11.1 Å². The number of rotatable bonds is 9. The zero-order chi connectivity index (χ0) is 17.6. The summed E-state index contributed by atoms with van der Waals surface area (Å²) in [5, 5.41) is 12.7. The molecule has 3 rings (SSSR count). The van der Waals surface area contributed by atoms with Crippen LogP contribution in [0.15, 0.2) is 35.2 Å². The molecule has 25 heavy (non-hydrogen) atoms. The van der Waals surface area contributed by atoms with Crippen LogP contribution in [0.5, 0.6) is 0 Å². The highest BCUT2D eigenvalue weighted by Crippen LogP contribution is 2.25. The maximum absolute atomic E-state index is 5.73. The fourth-order valence-corrected chi connectivity index (χ4v) is 4.02. The molecular weight excluding hydrogens is 330 g/mol. The number of nitrogens with one attached hydrogen (secondary N) is 1. The minimum Gasteiger partial charge on any atom is -0.366 e. The average Bonchev–Trinajstić information content (AvgIpc) is 3.29. The van der Waals surface area contributed by atoms with Crippen LogP contribution in [0.25, 0.3) is 16.9 Å². The third-order valence-electron chi connectivity index (χ3n) is 4.85. The van der Waals surface area contributed by atoms with Gasteiger partial charge in [0.1, 0.15) is 5.82 Å². The first-order chi connectivity index (χ1) is 12.3. The van der Waals surface area contributed by atoms with E-state index in [9.17, 15) is 0 Å². The van der Waals surface area contributed by atoms with Gasteiger partial charge in [-0.25, -0.2) is 9.50 Å². The molecule has 0 aliphatic heterocycles. The van der Waals surface area contributed by atoms with Gasteiger partial charge in [0.05, 0.1) is 11.9 Å². The summed E-state index contributed by atoms with van der Waals surface area (Å²) in [5.74, 6) is 1.53. The molecule has 0 fully saturated rings. The van der Waals surface area contributed by atoms with Gasteiger partial charge in [-0.1, -0.05) is 26.7 Å².